The second kappa shape index (κ2) is 3.88. The minimum Gasteiger partial charge on any atom is -0.147 e. The first kappa shape index (κ1) is 9.50. The first-order chi connectivity index (χ1) is 5.92. The van der Waals surface area contributed by atoms with Gasteiger partial charge in [-0.2, -0.15) is 0 Å². The Morgan fingerprint density at radius 2 is 1.62 bits per heavy atom. The lowest BCUT2D eigenvalue weighted by molar-refractivity contribution is 1.47. The van der Waals surface area contributed by atoms with Crippen LogP contribution >= 0.6 is 12.4 Å². The molecule has 2 nitrogen and oxygen atoms in total. The zero-order valence-electron chi connectivity index (χ0n) is 6.84. The maximum absolute atomic E-state index is 8.66. The van der Waals surface area contributed by atoms with Gasteiger partial charge in [-0.3, -0.25) is 0 Å². The van der Waals surface area contributed by atoms with Crippen molar-refractivity contribution in [3.05, 3.63) is 47.4 Å². The quantitative estimate of drug-likeness (QED) is 0.583. The van der Waals surface area contributed by atoms with Gasteiger partial charge >= 0.3 is 5.69 Å². The van der Waals surface area contributed by atoms with Crippen LogP contribution in [-0.4, -0.2) is 0 Å². The van der Waals surface area contributed by atoms with Crippen LogP contribution < -0.4 is 0 Å². The van der Waals surface area contributed by atoms with E-state index in [4.69, 9.17) is 5.39 Å². The monoisotopic (exact) mass is 191 g/mol. The van der Waals surface area contributed by atoms with E-state index in [1.807, 2.05) is 36.4 Å². The van der Waals surface area contributed by atoms with Crippen molar-refractivity contribution in [2.75, 3.05) is 0 Å². The summed E-state index contributed by atoms with van der Waals surface area (Å²) in [6.07, 6.45) is 0. The molecule has 0 bridgehead atoms. The molecule has 0 aliphatic heterocycles. The van der Waals surface area contributed by atoms with E-state index in [1.54, 1.807) is 6.07 Å². The molecule has 2 aromatic carbocycles. The molecular formula is C10H8ClN2+. The fourth-order valence-corrected chi connectivity index (χ4v) is 1.30. The number of diazo groups is 1. The van der Waals surface area contributed by atoms with E-state index < -0.39 is 0 Å². The molecule has 0 aliphatic carbocycles. The Labute approximate surface area is 82.2 Å². The van der Waals surface area contributed by atoms with Crippen LogP contribution in [0.5, 0.6) is 0 Å². The largest absolute Gasteiger partial charge is 0.392 e. The average Bonchev–Trinajstić information content (AvgIpc) is 2.17. The predicted molar refractivity (Wildman–Crippen MR) is 55.9 cm³/mol. The molecule has 0 spiro atoms. The summed E-state index contributed by atoms with van der Waals surface area (Å²) in [7, 11) is 0. The van der Waals surface area contributed by atoms with Crippen LogP contribution in [0.4, 0.5) is 5.69 Å². The normalized spacial score (nSPS) is 8.85. The van der Waals surface area contributed by atoms with Gasteiger partial charge in [-0.25, -0.2) is 0 Å². The number of fused-ring (bicyclic) bond motifs is 1. The molecule has 0 unspecified atom stereocenters. The molecule has 2 aromatic rings. The van der Waals surface area contributed by atoms with Crippen LogP contribution in [0.3, 0.4) is 0 Å². The van der Waals surface area contributed by atoms with Crippen molar-refractivity contribution < 1.29 is 0 Å². The summed E-state index contributed by atoms with van der Waals surface area (Å²) in [5.41, 5.74) is 0.619. The Hall–Kier alpha value is -1.59. The van der Waals surface area contributed by atoms with Gasteiger partial charge in [0, 0.05) is 6.07 Å². The lowest BCUT2D eigenvalue weighted by Crippen LogP contribution is -1.69. The number of nitrogens with zero attached hydrogens (tertiary/aromatic N) is 2. The van der Waals surface area contributed by atoms with E-state index in [9.17, 15) is 0 Å². The van der Waals surface area contributed by atoms with Gasteiger partial charge in [-0.15, -0.1) is 12.4 Å². The molecule has 0 aliphatic rings. The number of hydrogen-bond acceptors (Lipinski definition) is 1. The summed E-state index contributed by atoms with van der Waals surface area (Å²) in [6.45, 7) is 0. The lowest BCUT2D eigenvalue weighted by Gasteiger charge is -1.90. The third-order valence-electron chi connectivity index (χ3n) is 1.87. The topological polar surface area (TPSA) is 28.1 Å². The molecule has 0 saturated heterocycles. The summed E-state index contributed by atoms with van der Waals surface area (Å²) < 4.78 is 0. The highest BCUT2D eigenvalue weighted by Crippen LogP contribution is 2.24. The molecule has 3 heteroatoms. The van der Waals surface area contributed by atoms with Crippen LogP contribution in [0.15, 0.2) is 42.5 Å². The summed E-state index contributed by atoms with van der Waals surface area (Å²) in [5, 5.41) is 10.7. The highest BCUT2D eigenvalue weighted by molar-refractivity contribution is 5.93. The molecule has 0 saturated carbocycles. The van der Waals surface area contributed by atoms with Crippen LogP contribution in [-0.2, 0) is 0 Å². The summed E-state index contributed by atoms with van der Waals surface area (Å²) >= 11 is 0. The number of hydrogen-bond donors (Lipinski definition) is 0. The fraction of sp³-hybridized carbons (Fsp3) is 0. The van der Waals surface area contributed by atoms with E-state index in [0.29, 0.717) is 5.69 Å². The highest BCUT2D eigenvalue weighted by atomic mass is 35.5. The van der Waals surface area contributed by atoms with Gasteiger partial charge in [-0.1, -0.05) is 30.3 Å². The average molecular weight is 192 g/mol. The Morgan fingerprint density at radius 1 is 0.923 bits per heavy atom. The van der Waals surface area contributed by atoms with E-state index in [-0.39, 0.29) is 12.4 Å². The van der Waals surface area contributed by atoms with Crippen molar-refractivity contribution in [3.8, 4) is 0 Å². The number of rotatable bonds is 0. The summed E-state index contributed by atoms with van der Waals surface area (Å²) in [4.78, 5) is 3.20. The van der Waals surface area contributed by atoms with Crippen LogP contribution in [0, 0.1) is 5.39 Å². The first-order valence-electron chi connectivity index (χ1n) is 3.74. The molecule has 0 amide bonds. The van der Waals surface area contributed by atoms with E-state index >= 15 is 0 Å². The van der Waals surface area contributed by atoms with Crippen LogP contribution in [0.2, 0.25) is 0 Å². The molecule has 13 heavy (non-hydrogen) atoms. The van der Waals surface area contributed by atoms with E-state index in [1.165, 1.54) is 0 Å². The maximum atomic E-state index is 8.66. The van der Waals surface area contributed by atoms with Crippen LogP contribution in [0.25, 0.3) is 15.7 Å². The molecule has 0 heterocycles. The molecule has 0 aromatic heterocycles. The van der Waals surface area contributed by atoms with Gasteiger partial charge in [0.15, 0.2) is 4.98 Å². The Bertz CT molecular complexity index is 454. The maximum Gasteiger partial charge on any atom is 0.392 e. The lowest BCUT2D eigenvalue weighted by atomic mass is 10.1. The molecule has 0 radical (unpaired) electrons. The SMILES string of the molecule is Cl.N#[N+]c1cccc2ccccc12. The third kappa shape index (κ3) is 1.61. The van der Waals surface area contributed by atoms with Crippen molar-refractivity contribution >= 4 is 28.9 Å². The second-order valence-corrected chi connectivity index (χ2v) is 2.60. The van der Waals surface area contributed by atoms with E-state index in [2.05, 4.69) is 4.98 Å². The smallest absolute Gasteiger partial charge is 0.147 e. The first-order valence-corrected chi connectivity index (χ1v) is 3.74. The Morgan fingerprint density at radius 3 is 2.38 bits per heavy atom. The zero-order valence-corrected chi connectivity index (χ0v) is 7.66. The minimum absolute atomic E-state index is 0. The summed E-state index contributed by atoms with van der Waals surface area (Å²) in [5.74, 6) is 0. The molecule has 2 rings (SSSR count). The Kier molecular flexibility index (Phi) is 2.84. The van der Waals surface area contributed by atoms with Crippen molar-refractivity contribution in [1.82, 2.24) is 0 Å². The van der Waals surface area contributed by atoms with Gasteiger partial charge in [0.05, 0.1) is 5.39 Å². The summed E-state index contributed by atoms with van der Waals surface area (Å²) in [6, 6.07) is 13.5. The molecular weight excluding hydrogens is 184 g/mol. The van der Waals surface area contributed by atoms with E-state index in [0.717, 1.165) is 10.8 Å². The molecule has 0 N–H and O–H groups in total. The fourth-order valence-electron chi connectivity index (χ4n) is 1.30. The van der Waals surface area contributed by atoms with Gasteiger partial charge < -0.3 is 0 Å². The van der Waals surface area contributed by atoms with Gasteiger partial charge in [0.1, 0.15) is 0 Å². The van der Waals surface area contributed by atoms with Gasteiger partial charge in [-0.05, 0) is 11.5 Å². The number of halogens is 1. The highest BCUT2D eigenvalue weighted by Gasteiger charge is 2.08. The zero-order chi connectivity index (χ0) is 8.39. The van der Waals surface area contributed by atoms with Crippen molar-refractivity contribution in [2.24, 2.45) is 0 Å². The van der Waals surface area contributed by atoms with Crippen LogP contribution in [0.1, 0.15) is 0 Å². The van der Waals surface area contributed by atoms with Gasteiger partial charge in [0.2, 0.25) is 5.39 Å². The Balaban J connectivity index is 0.000000845. The molecule has 64 valence electrons. The minimum atomic E-state index is 0. The number of benzene rings is 2. The second-order valence-electron chi connectivity index (χ2n) is 2.60. The predicted octanol–water partition coefficient (Wildman–Crippen LogP) is 3.75. The van der Waals surface area contributed by atoms with Crippen molar-refractivity contribution in [3.63, 3.8) is 0 Å². The standard InChI is InChI=1S/C10H7N2.ClH/c11-12-10-7-3-5-8-4-1-2-6-9(8)10;/h1-7H;1H/q+1;. The van der Waals surface area contributed by atoms with Crippen molar-refractivity contribution in [1.29, 1.82) is 5.39 Å². The van der Waals surface area contributed by atoms with Gasteiger partial charge in [0.25, 0.3) is 0 Å². The van der Waals surface area contributed by atoms with Crippen molar-refractivity contribution in [2.45, 2.75) is 0 Å². The molecule has 0 fully saturated rings. The third-order valence-corrected chi connectivity index (χ3v) is 1.87. The molecule has 0 atom stereocenters.